The zero-order valence-corrected chi connectivity index (χ0v) is 12.2. The first-order valence-corrected chi connectivity index (χ1v) is 7.02. The summed E-state index contributed by atoms with van der Waals surface area (Å²) in [5, 5.41) is 4.35. The van der Waals surface area contributed by atoms with Gasteiger partial charge in [0.05, 0.1) is 16.2 Å². The SMILES string of the molecule is CC(CN)CCC(=O)Nc1ccc(Cl)c2cccnc12. The average molecular weight is 292 g/mol. The minimum Gasteiger partial charge on any atom is -0.330 e. The Morgan fingerprint density at radius 2 is 2.25 bits per heavy atom. The van der Waals surface area contributed by atoms with Gasteiger partial charge in [0.1, 0.15) is 0 Å². The molecule has 1 aromatic carbocycles. The van der Waals surface area contributed by atoms with Crippen LogP contribution in [0.5, 0.6) is 0 Å². The third-order valence-electron chi connectivity index (χ3n) is 3.26. The van der Waals surface area contributed by atoms with E-state index in [1.54, 1.807) is 18.3 Å². The zero-order chi connectivity index (χ0) is 14.5. The van der Waals surface area contributed by atoms with E-state index in [1.807, 2.05) is 19.1 Å². The number of aromatic nitrogens is 1. The summed E-state index contributed by atoms with van der Waals surface area (Å²) in [7, 11) is 0. The third-order valence-corrected chi connectivity index (χ3v) is 3.59. The van der Waals surface area contributed by atoms with Crippen molar-refractivity contribution >= 4 is 34.1 Å². The van der Waals surface area contributed by atoms with Crippen LogP contribution in [0.1, 0.15) is 19.8 Å². The van der Waals surface area contributed by atoms with E-state index in [9.17, 15) is 4.79 Å². The molecular formula is C15H18ClN3O. The molecule has 0 saturated heterocycles. The Morgan fingerprint density at radius 1 is 1.45 bits per heavy atom. The number of pyridine rings is 1. The highest BCUT2D eigenvalue weighted by atomic mass is 35.5. The predicted octanol–water partition coefficient (Wildman–Crippen LogP) is 3.20. The van der Waals surface area contributed by atoms with Crippen LogP contribution in [-0.4, -0.2) is 17.4 Å². The molecule has 4 nitrogen and oxygen atoms in total. The molecule has 0 bridgehead atoms. The number of anilines is 1. The topological polar surface area (TPSA) is 68.0 Å². The van der Waals surface area contributed by atoms with Crippen molar-refractivity contribution < 1.29 is 4.79 Å². The fourth-order valence-electron chi connectivity index (χ4n) is 1.95. The van der Waals surface area contributed by atoms with Crippen LogP contribution >= 0.6 is 11.6 Å². The molecule has 1 amide bonds. The van der Waals surface area contributed by atoms with E-state index in [2.05, 4.69) is 10.3 Å². The van der Waals surface area contributed by atoms with Gasteiger partial charge in [-0.25, -0.2) is 0 Å². The van der Waals surface area contributed by atoms with Crippen molar-refractivity contribution in [1.82, 2.24) is 4.98 Å². The number of carbonyl (C=O) groups excluding carboxylic acids is 1. The number of nitrogens with zero attached hydrogens (tertiary/aromatic N) is 1. The summed E-state index contributed by atoms with van der Waals surface area (Å²) < 4.78 is 0. The number of hydrogen-bond donors (Lipinski definition) is 2. The number of fused-ring (bicyclic) bond motifs is 1. The van der Waals surface area contributed by atoms with Crippen molar-refractivity contribution in [3.05, 3.63) is 35.5 Å². The number of rotatable bonds is 5. The van der Waals surface area contributed by atoms with Crippen LogP contribution in [0.15, 0.2) is 30.5 Å². The van der Waals surface area contributed by atoms with Gasteiger partial charge in [-0.1, -0.05) is 18.5 Å². The van der Waals surface area contributed by atoms with Gasteiger partial charge in [-0.05, 0) is 43.1 Å². The Balaban J connectivity index is 2.14. The van der Waals surface area contributed by atoms with Gasteiger partial charge < -0.3 is 11.1 Å². The lowest BCUT2D eigenvalue weighted by Crippen LogP contribution is -2.16. The standard InChI is InChI=1S/C15H18ClN3O/c1-10(9-17)4-7-14(20)19-13-6-5-12(16)11-3-2-8-18-15(11)13/h2-3,5-6,8,10H,4,7,9,17H2,1H3,(H,19,20). The zero-order valence-electron chi connectivity index (χ0n) is 11.4. The van der Waals surface area contributed by atoms with E-state index in [0.717, 1.165) is 11.8 Å². The Kier molecular flexibility index (Phi) is 4.93. The molecule has 0 fully saturated rings. The third kappa shape index (κ3) is 3.46. The van der Waals surface area contributed by atoms with Crippen molar-refractivity contribution in [2.24, 2.45) is 11.7 Å². The highest BCUT2D eigenvalue weighted by Gasteiger charge is 2.10. The Hall–Kier alpha value is -1.65. The molecular weight excluding hydrogens is 274 g/mol. The van der Waals surface area contributed by atoms with Crippen LogP contribution in [0.4, 0.5) is 5.69 Å². The molecule has 0 aliphatic carbocycles. The van der Waals surface area contributed by atoms with Crippen LogP contribution in [0.3, 0.4) is 0 Å². The Bertz CT molecular complexity index is 615. The lowest BCUT2D eigenvalue weighted by atomic mass is 10.1. The molecule has 0 aliphatic rings. The molecule has 2 aromatic rings. The lowest BCUT2D eigenvalue weighted by molar-refractivity contribution is -0.116. The summed E-state index contributed by atoms with van der Waals surface area (Å²) in [6.45, 7) is 2.63. The number of carbonyl (C=O) groups is 1. The second kappa shape index (κ2) is 6.68. The van der Waals surface area contributed by atoms with Gasteiger partial charge in [0.15, 0.2) is 0 Å². The Labute approximate surface area is 123 Å². The lowest BCUT2D eigenvalue weighted by Gasteiger charge is -2.10. The average Bonchev–Trinajstić information content (AvgIpc) is 2.48. The fraction of sp³-hybridized carbons (Fsp3) is 0.333. The van der Waals surface area contributed by atoms with Crippen molar-refractivity contribution in [2.75, 3.05) is 11.9 Å². The highest BCUT2D eigenvalue weighted by molar-refractivity contribution is 6.35. The number of hydrogen-bond acceptors (Lipinski definition) is 3. The monoisotopic (exact) mass is 291 g/mol. The quantitative estimate of drug-likeness (QED) is 0.889. The van der Waals surface area contributed by atoms with Crippen molar-refractivity contribution in [2.45, 2.75) is 19.8 Å². The number of benzene rings is 1. The van der Waals surface area contributed by atoms with E-state index >= 15 is 0 Å². The highest BCUT2D eigenvalue weighted by Crippen LogP contribution is 2.28. The molecule has 3 N–H and O–H groups in total. The summed E-state index contributed by atoms with van der Waals surface area (Å²) in [4.78, 5) is 16.2. The van der Waals surface area contributed by atoms with E-state index < -0.39 is 0 Å². The number of halogens is 1. The summed E-state index contributed by atoms with van der Waals surface area (Å²) in [5.41, 5.74) is 6.94. The van der Waals surface area contributed by atoms with Gasteiger partial charge in [-0.15, -0.1) is 0 Å². The molecule has 1 atom stereocenters. The van der Waals surface area contributed by atoms with Gasteiger partial charge >= 0.3 is 0 Å². The first kappa shape index (κ1) is 14.8. The minimum absolute atomic E-state index is 0.0282. The van der Waals surface area contributed by atoms with Crippen molar-refractivity contribution in [3.8, 4) is 0 Å². The maximum atomic E-state index is 11.9. The van der Waals surface area contributed by atoms with Gasteiger partial charge in [-0.2, -0.15) is 0 Å². The number of nitrogens with two attached hydrogens (primary N) is 1. The molecule has 106 valence electrons. The number of nitrogens with one attached hydrogen (secondary N) is 1. The van der Waals surface area contributed by atoms with Crippen LogP contribution < -0.4 is 11.1 Å². The summed E-state index contributed by atoms with van der Waals surface area (Å²) in [5.74, 6) is 0.320. The molecule has 0 spiro atoms. The maximum absolute atomic E-state index is 11.9. The van der Waals surface area contributed by atoms with Crippen LogP contribution in [-0.2, 0) is 4.79 Å². The first-order valence-electron chi connectivity index (χ1n) is 6.65. The second-order valence-electron chi connectivity index (χ2n) is 4.92. The molecule has 1 heterocycles. The number of amides is 1. The minimum atomic E-state index is -0.0282. The molecule has 0 aliphatic heterocycles. The molecule has 5 heteroatoms. The first-order chi connectivity index (χ1) is 9.61. The maximum Gasteiger partial charge on any atom is 0.224 e. The molecule has 0 saturated carbocycles. The van der Waals surface area contributed by atoms with Crippen molar-refractivity contribution in [1.29, 1.82) is 0 Å². The van der Waals surface area contributed by atoms with Gasteiger partial charge in [0.2, 0.25) is 5.91 Å². The molecule has 0 radical (unpaired) electrons. The van der Waals surface area contributed by atoms with Crippen LogP contribution in [0.25, 0.3) is 10.9 Å². The molecule has 2 rings (SSSR count). The second-order valence-corrected chi connectivity index (χ2v) is 5.33. The van der Waals surface area contributed by atoms with Crippen LogP contribution in [0.2, 0.25) is 5.02 Å². The molecule has 1 aromatic heterocycles. The normalized spacial score (nSPS) is 12.3. The fourth-order valence-corrected chi connectivity index (χ4v) is 2.16. The van der Waals surface area contributed by atoms with Crippen LogP contribution in [0, 0.1) is 5.92 Å². The van der Waals surface area contributed by atoms with E-state index in [0.29, 0.717) is 35.1 Å². The molecule has 20 heavy (non-hydrogen) atoms. The van der Waals surface area contributed by atoms with E-state index in [1.165, 1.54) is 0 Å². The Morgan fingerprint density at radius 3 is 3.00 bits per heavy atom. The van der Waals surface area contributed by atoms with E-state index in [4.69, 9.17) is 17.3 Å². The largest absolute Gasteiger partial charge is 0.330 e. The smallest absolute Gasteiger partial charge is 0.224 e. The van der Waals surface area contributed by atoms with Gasteiger partial charge in [-0.3, -0.25) is 9.78 Å². The van der Waals surface area contributed by atoms with Gasteiger partial charge in [0, 0.05) is 18.0 Å². The van der Waals surface area contributed by atoms with Gasteiger partial charge in [0.25, 0.3) is 0 Å². The summed E-state index contributed by atoms with van der Waals surface area (Å²) in [6, 6.07) is 7.26. The van der Waals surface area contributed by atoms with Crippen molar-refractivity contribution in [3.63, 3.8) is 0 Å². The van der Waals surface area contributed by atoms with E-state index in [-0.39, 0.29) is 5.91 Å². The summed E-state index contributed by atoms with van der Waals surface area (Å²) in [6.07, 6.45) is 2.92. The summed E-state index contributed by atoms with van der Waals surface area (Å²) >= 11 is 6.12. The predicted molar refractivity (Wildman–Crippen MR) is 82.8 cm³/mol. The molecule has 1 unspecified atom stereocenters.